The van der Waals surface area contributed by atoms with Crippen LogP contribution < -0.4 is 15.3 Å². The zero-order valence-corrected chi connectivity index (χ0v) is 17.2. The van der Waals surface area contributed by atoms with Crippen molar-refractivity contribution in [3.63, 3.8) is 0 Å². The van der Waals surface area contributed by atoms with Gasteiger partial charge in [-0.15, -0.1) is 0 Å². The lowest BCUT2D eigenvalue weighted by molar-refractivity contribution is 0.490. The Labute approximate surface area is 138 Å². The van der Waals surface area contributed by atoms with Gasteiger partial charge >= 0.3 is 6.01 Å². The summed E-state index contributed by atoms with van der Waals surface area (Å²) in [6.45, 7) is 13.4. The first-order valence-electron chi connectivity index (χ1n) is 8.78. The molecule has 0 atom stereocenters. The Balaban J connectivity index is 3.14. The molecule has 0 unspecified atom stereocenters. The number of aromatic nitrogens is 2. The second-order valence-corrected chi connectivity index (χ2v) is 16.1. The SMILES string of the molecule is CC[Si](CC)(CC)Oc1ncc([Si](CC)(CC)CC)c(N)n1. The van der Waals surface area contributed by atoms with Crippen LogP contribution in [0.1, 0.15) is 41.5 Å². The Bertz CT molecular complexity index is 458. The third kappa shape index (κ3) is 3.71. The zero-order chi connectivity index (χ0) is 16.8. The van der Waals surface area contributed by atoms with Gasteiger partial charge in [0.05, 0.1) is 8.07 Å². The molecule has 1 aromatic rings. The monoisotopic (exact) mass is 339 g/mol. The Morgan fingerprint density at radius 3 is 1.77 bits per heavy atom. The third-order valence-electron chi connectivity index (χ3n) is 5.64. The van der Waals surface area contributed by atoms with Crippen molar-refractivity contribution in [3.8, 4) is 6.01 Å². The van der Waals surface area contributed by atoms with Gasteiger partial charge in [0.1, 0.15) is 5.82 Å². The van der Waals surface area contributed by atoms with Crippen LogP contribution in [0, 0.1) is 0 Å². The van der Waals surface area contributed by atoms with Gasteiger partial charge in [-0.3, -0.25) is 0 Å². The summed E-state index contributed by atoms with van der Waals surface area (Å²) < 4.78 is 6.25. The molecule has 126 valence electrons. The lowest BCUT2D eigenvalue weighted by Crippen LogP contribution is -2.48. The Hall–Kier alpha value is -0.886. The second kappa shape index (κ2) is 8.10. The van der Waals surface area contributed by atoms with Gasteiger partial charge in [-0.1, -0.05) is 59.7 Å². The molecule has 0 fully saturated rings. The molecule has 0 aromatic carbocycles. The van der Waals surface area contributed by atoms with Crippen molar-refractivity contribution in [2.75, 3.05) is 5.73 Å². The summed E-state index contributed by atoms with van der Waals surface area (Å²) >= 11 is 0. The van der Waals surface area contributed by atoms with Gasteiger partial charge in [0, 0.05) is 11.4 Å². The summed E-state index contributed by atoms with van der Waals surface area (Å²) in [5, 5.41) is 1.21. The van der Waals surface area contributed by atoms with Crippen LogP contribution in [0.5, 0.6) is 6.01 Å². The fraction of sp³-hybridized carbons (Fsp3) is 0.750. The molecule has 1 rings (SSSR count). The van der Waals surface area contributed by atoms with E-state index in [0.29, 0.717) is 11.8 Å². The van der Waals surface area contributed by atoms with Gasteiger partial charge in [-0.2, -0.15) is 4.98 Å². The zero-order valence-electron chi connectivity index (χ0n) is 15.2. The summed E-state index contributed by atoms with van der Waals surface area (Å²) in [6.07, 6.45) is 1.96. The van der Waals surface area contributed by atoms with Crippen LogP contribution >= 0.6 is 0 Å². The lowest BCUT2D eigenvalue weighted by Gasteiger charge is -2.30. The Kier molecular flexibility index (Phi) is 7.06. The predicted octanol–water partition coefficient (Wildman–Crippen LogP) is 4.16. The molecule has 0 radical (unpaired) electrons. The molecule has 0 spiro atoms. The van der Waals surface area contributed by atoms with E-state index in [1.165, 1.54) is 23.3 Å². The molecule has 1 aromatic heterocycles. The lowest BCUT2D eigenvalue weighted by atomic mass is 10.6. The fourth-order valence-electron chi connectivity index (χ4n) is 3.32. The van der Waals surface area contributed by atoms with Crippen LogP contribution in [0.15, 0.2) is 6.20 Å². The molecule has 0 bridgehead atoms. The van der Waals surface area contributed by atoms with E-state index in [1.54, 1.807) is 0 Å². The number of anilines is 1. The Morgan fingerprint density at radius 2 is 1.41 bits per heavy atom. The van der Waals surface area contributed by atoms with E-state index in [1.807, 2.05) is 6.20 Å². The molecular formula is C16H33N3OSi2. The summed E-state index contributed by atoms with van der Waals surface area (Å²) in [7, 11) is -3.28. The molecule has 6 heteroatoms. The standard InChI is InChI=1S/C16H33N3OSi2/c1-7-21(8-2,9-3)14-13-18-16(19-15(14)17)20-22(10-4,11-5)12-6/h13H,7-12H2,1-6H3,(H2,17,18,19). The molecule has 0 amide bonds. The first kappa shape index (κ1) is 19.2. The van der Waals surface area contributed by atoms with Crippen LogP contribution in [-0.4, -0.2) is 26.4 Å². The van der Waals surface area contributed by atoms with Gasteiger partial charge in [0.25, 0.3) is 8.32 Å². The van der Waals surface area contributed by atoms with Crippen molar-refractivity contribution in [2.24, 2.45) is 0 Å². The van der Waals surface area contributed by atoms with Crippen molar-refractivity contribution in [2.45, 2.75) is 77.8 Å². The van der Waals surface area contributed by atoms with Crippen LogP contribution in [0.4, 0.5) is 5.82 Å². The highest BCUT2D eigenvalue weighted by atomic mass is 28.4. The summed E-state index contributed by atoms with van der Waals surface area (Å²) in [4.78, 5) is 9.06. The third-order valence-corrected chi connectivity index (χ3v) is 15.7. The van der Waals surface area contributed by atoms with E-state index >= 15 is 0 Å². The smallest absolute Gasteiger partial charge is 0.304 e. The van der Waals surface area contributed by atoms with Crippen LogP contribution in [0.25, 0.3) is 0 Å². The summed E-state index contributed by atoms with van der Waals surface area (Å²) in [5.41, 5.74) is 6.30. The van der Waals surface area contributed by atoms with Crippen molar-refractivity contribution < 1.29 is 4.43 Å². The van der Waals surface area contributed by atoms with E-state index in [-0.39, 0.29) is 0 Å². The minimum absolute atomic E-state index is 0.490. The van der Waals surface area contributed by atoms with Gasteiger partial charge in [-0.25, -0.2) is 4.98 Å². The molecule has 22 heavy (non-hydrogen) atoms. The summed E-state index contributed by atoms with van der Waals surface area (Å²) in [6, 6.07) is 7.31. The van der Waals surface area contributed by atoms with E-state index in [2.05, 4.69) is 51.5 Å². The minimum atomic E-state index is -1.74. The first-order valence-corrected chi connectivity index (χ1v) is 13.9. The van der Waals surface area contributed by atoms with Gasteiger partial charge < -0.3 is 10.2 Å². The highest BCUT2D eigenvalue weighted by molar-refractivity contribution is 6.92. The number of nitrogens with zero attached hydrogens (tertiary/aromatic N) is 2. The fourth-order valence-corrected chi connectivity index (χ4v) is 9.32. The topological polar surface area (TPSA) is 61.0 Å². The summed E-state index contributed by atoms with van der Waals surface area (Å²) in [5.74, 6) is 0.647. The minimum Gasteiger partial charge on any atom is -0.517 e. The molecule has 0 aliphatic carbocycles. The van der Waals surface area contributed by atoms with E-state index in [0.717, 1.165) is 18.1 Å². The molecule has 0 saturated heterocycles. The van der Waals surface area contributed by atoms with Crippen LogP contribution in [0.2, 0.25) is 36.3 Å². The van der Waals surface area contributed by atoms with Crippen LogP contribution in [-0.2, 0) is 0 Å². The molecule has 0 saturated carbocycles. The molecule has 1 heterocycles. The van der Waals surface area contributed by atoms with Crippen molar-refractivity contribution >= 4 is 27.4 Å². The average molecular weight is 340 g/mol. The average Bonchev–Trinajstić information content (AvgIpc) is 2.56. The molecule has 0 aliphatic heterocycles. The number of rotatable bonds is 9. The molecule has 4 nitrogen and oxygen atoms in total. The Morgan fingerprint density at radius 1 is 0.909 bits per heavy atom. The van der Waals surface area contributed by atoms with E-state index in [9.17, 15) is 0 Å². The number of nitrogens with two attached hydrogens (primary N) is 1. The van der Waals surface area contributed by atoms with Crippen molar-refractivity contribution in [1.29, 1.82) is 0 Å². The second-order valence-electron chi connectivity index (χ2n) is 6.14. The highest BCUT2D eigenvalue weighted by Gasteiger charge is 2.34. The highest BCUT2D eigenvalue weighted by Crippen LogP contribution is 2.25. The molecular weight excluding hydrogens is 306 g/mol. The van der Waals surface area contributed by atoms with Crippen molar-refractivity contribution in [1.82, 2.24) is 9.97 Å². The molecule has 2 N–H and O–H groups in total. The maximum Gasteiger partial charge on any atom is 0.304 e. The van der Waals surface area contributed by atoms with E-state index < -0.39 is 16.4 Å². The number of nitrogen functional groups attached to an aromatic ring is 1. The maximum absolute atomic E-state index is 6.30. The molecule has 0 aliphatic rings. The first-order chi connectivity index (χ1) is 10.5. The largest absolute Gasteiger partial charge is 0.517 e. The van der Waals surface area contributed by atoms with Gasteiger partial charge in [0.2, 0.25) is 0 Å². The quantitative estimate of drug-likeness (QED) is 0.686. The van der Waals surface area contributed by atoms with E-state index in [4.69, 9.17) is 10.2 Å². The normalized spacial score (nSPS) is 12.5. The number of hydrogen-bond donors (Lipinski definition) is 1. The number of hydrogen-bond acceptors (Lipinski definition) is 4. The maximum atomic E-state index is 6.30. The van der Waals surface area contributed by atoms with Crippen LogP contribution in [0.3, 0.4) is 0 Å². The predicted molar refractivity (Wildman–Crippen MR) is 101 cm³/mol. The van der Waals surface area contributed by atoms with Gasteiger partial charge in [0.15, 0.2) is 0 Å². The van der Waals surface area contributed by atoms with Crippen molar-refractivity contribution in [3.05, 3.63) is 6.20 Å². The van der Waals surface area contributed by atoms with Gasteiger partial charge in [-0.05, 0) is 18.1 Å².